The summed E-state index contributed by atoms with van der Waals surface area (Å²) in [5.41, 5.74) is -0.0980. The summed E-state index contributed by atoms with van der Waals surface area (Å²) in [6.45, 7) is 8.19. The van der Waals surface area contributed by atoms with Crippen molar-refractivity contribution in [2.24, 2.45) is 5.41 Å². The third-order valence-corrected chi connectivity index (χ3v) is 2.31. The molecule has 12 heavy (non-hydrogen) atoms. The summed E-state index contributed by atoms with van der Waals surface area (Å²) in [5, 5.41) is 12.1. The smallest absolute Gasteiger partial charge is 0.118 e. The molecule has 3 heteroatoms. The number of hydrogen-bond acceptors (Lipinski definition) is 3. The molecule has 72 valence electrons. The molecule has 0 aliphatic carbocycles. The standard InChI is InChI=1S/C9H19NO2/c1-8(2)6-10-9(3,4-5-11)12-7-8/h10-11H,4-7H2,1-3H3. The van der Waals surface area contributed by atoms with Gasteiger partial charge in [-0.1, -0.05) is 13.8 Å². The molecule has 1 aliphatic heterocycles. The zero-order chi connectivity index (χ0) is 9.24. The average Bonchev–Trinajstić information content (AvgIpc) is 1.98. The largest absolute Gasteiger partial charge is 0.396 e. The van der Waals surface area contributed by atoms with Crippen LogP contribution in [0.1, 0.15) is 27.2 Å². The Kier molecular flexibility index (Phi) is 2.76. The van der Waals surface area contributed by atoms with Crippen molar-refractivity contribution < 1.29 is 9.84 Å². The van der Waals surface area contributed by atoms with Crippen LogP contribution in [-0.4, -0.2) is 30.6 Å². The van der Waals surface area contributed by atoms with Crippen molar-refractivity contribution in [2.45, 2.75) is 32.9 Å². The van der Waals surface area contributed by atoms with Crippen LogP contribution in [0.3, 0.4) is 0 Å². The van der Waals surface area contributed by atoms with Gasteiger partial charge in [0.15, 0.2) is 0 Å². The fourth-order valence-corrected chi connectivity index (χ4v) is 1.26. The number of aliphatic hydroxyl groups excluding tert-OH is 1. The minimum atomic E-state index is -0.315. The zero-order valence-corrected chi connectivity index (χ0v) is 8.18. The molecule has 0 aromatic carbocycles. The lowest BCUT2D eigenvalue weighted by atomic mass is 9.91. The van der Waals surface area contributed by atoms with Gasteiger partial charge in [0, 0.05) is 25.0 Å². The molecule has 0 bridgehead atoms. The molecule has 0 saturated carbocycles. The monoisotopic (exact) mass is 173 g/mol. The van der Waals surface area contributed by atoms with Gasteiger partial charge in [0.25, 0.3) is 0 Å². The SMILES string of the molecule is CC1(C)CNC(C)(CCO)OC1. The number of hydrogen-bond donors (Lipinski definition) is 2. The van der Waals surface area contributed by atoms with E-state index in [1.807, 2.05) is 6.92 Å². The van der Waals surface area contributed by atoms with Crippen LogP contribution < -0.4 is 5.32 Å². The first kappa shape index (κ1) is 9.96. The molecule has 1 saturated heterocycles. The van der Waals surface area contributed by atoms with Crippen LogP contribution in [0.2, 0.25) is 0 Å². The normalized spacial score (nSPS) is 35.0. The Bertz CT molecular complexity index is 147. The second kappa shape index (κ2) is 3.32. The van der Waals surface area contributed by atoms with Crippen molar-refractivity contribution in [1.29, 1.82) is 0 Å². The van der Waals surface area contributed by atoms with Crippen molar-refractivity contribution in [3.8, 4) is 0 Å². The molecular weight excluding hydrogens is 154 g/mol. The van der Waals surface area contributed by atoms with E-state index in [4.69, 9.17) is 9.84 Å². The molecular formula is C9H19NO2. The first-order valence-corrected chi connectivity index (χ1v) is 4.47. The fraction of sp³-hybridized carbons (Fsp3) is 1.00. The van der Waals surface area contributed by atoms with Gasteiger partial charge < -0.3 is 9.84 Å². The predicted octanol–water partition coefficient (Wildman–Crippen LogP) is 0.731. The molecule has 0 amide bonds. The second-order valence-corrected chi connectivity index (χ2v) is 4.51. The van der Waals surface area contributed by atoms with Crippen LogP contribution in [0.5, 0.6) is 0 Å². The maximum atomic E-state index is 8.79. The first-order chi connectivity index (χ1) is 5.47. The van der Waals surface area contributed by atoms with Gasteiger partial charge in [0.05, 0.1) is 6.61 Å². The summed E-state index contributed by atoms with van der Waals surface area (Å²) in [6, 6.07) is 0. The Morgan fingerprint density at radius 2 is 2.08 bits per heavy atom. The highest BCUT2D eigenvalue weighted by Crippen LogP contribution is 2.25. The van der Waals surface area contributed by atoms with E-state index >= 15 is 0 Å². The van der Waals surface area contributed by atoms with Gasteiger partial charge in [-0.15, -0.1) is 0 Å². The molecule has 1 aliphatic rings. The highest BCUT2D eigenvalue weighted by atomic mass is 16.5. The molecule has 0 radical (unpaired) electrons. The van der Waals surface area contributed by atoms with Crippen LogP contribution in [-0.2, 0) is 4.74 Å². The summed E-state index contributed by atoms with van der Waals surface area (Å²) >= 11 is 0. The summed E-state index contributed by atoms with van der Waals surface area (Å²) in [7, 11) is 0. The highest BCUT2D eigenvalue weighted by Gasteiger charge is 2.34. The van der Waals surface area contributed by atoms with E-state index in [2.05, 4.69) is 19.2 Å². The third-order valence-electron chi connectivity index (χ3n) is 2.31. The Morgan fingerprint density at radius 1 is 1.42 bits per heavy atom. The quantitative estimate of drug-likeness (QED) is 0.647. The van der Waals surface area contributed by atoms with E-state index in [0.29, 0.717) is 6.42 Å². The van der Waals surface area contributed by atoms with Gasteiger partial charge in [-0.3, -0.25) is 5.32 Å². The molecule has 1 fully saturated rings. The number of rotatable bonds is 2. The Morgan fingerprint density at radius 3 is 2.50 bits per heavy atom. The maximum Gasteiger partial charge on any atom is 0.118 e. The van der Waals surface area contributed by atoms with Crippen LogP contribution in [0, 0.1) is 5.41 Å². The number of nitrogens with one attached hydrogen (secondary N) is 1. The van der Waals surface area contributed by atoms with Gasteiger partial charge in [0.2, 0.25) is 0 Å². The molecule has 0 spiro atoms. The topological polar surface area (TPSA) is 41.5 Å². The first-order valence-electron chi connectivity index (χ1n) is 4.47. The van der Waals surface area contributed by atoms with Crippen molar-refractivity contribution in [3.05, 3.63) is 0 Å². The third kappa shape index (κ3) is 2.44. The Labute approximate surface area is 74.1 Å². The lowest BCUT2D eigenvalue weighted by Gasteiger charge is -2.42. The van der Waals surface area contributed by atoms with Crippen molar-refractivity contribution in [2.75, 3.05) is 19.8 Å². The van der Waals surface area contributed by atoms with E-state index in [0.717, 1.165) is 13.2 Å². The molecule has 0 aromatic rings. The molecule has 1 heterocycles. The number of aliphatic hydroxyl groups is 1. The average molecular weight is 173 g/mol. The molecule has 1 rings (SSSR count). The van der Waals surface area contributed by atoms with E-state index in [9.17, 15) is 0 Å². The van der Waals surface area contributed by atoms with E-state index < -0.39 is 0 Å². The van der Waals surface area contributed by atoms with Gasteiger partial charge in [-0.2, -0.15) is 0 Å². The predicted molar refractivity (Wildman–Crippen MR) is 47.8 cm³/mol. The zero-order valence-electron chi connectivity index (χ0n) is 8.18. The summed E-state index contributed by atoms with van der Waals surface area (Å²) in [6.07, 6.45) is 0.656. The van der Waals surface area contributed by atoms with Crippen molar-refractivity contribution >= 4 is 0 Å². The van der Waals surface area contributed by atoms with Gasteiger partial charge in [0.1, 0.15) is 5.72 Å². The Hall–Kier alpha value is -0.120. The van der Waals surface area contributed by atoms with Gasteiger partial charge in [-0.25, -0.2) is 0 Å². The van der Waals surface area contributed by atoms with Crippen molar-refractivity contribution in [1.82, 2.24) is 5.32 Å². The van der Waals surface area contributed by atoms with Gasteiger partial charge >= 0.3 is 0 Å². The Balaban J connectivity index is 2.44. The van der Waals surface area contributed by atoms with E-state index in [1.165, 1.54) is 0 Å². The lowest BCUT2D eigenvalue weighted by molar-refractivity contribution is -0.134. The van der Waals surface area contributed by atoms with Crippen LogP contribution in [0.25, 0.3) is 0 Å². The number of ether oxygens (including phenoxy) is 1. The van der Waals surface area contributed by atoms with E-state index in [-0.39, 0.29) is 17.7 Å². The fourth-order valence-electron chi connectivity index (χ4n) is 1.26. The van der Waals surface area contributed by atoms with E-state index in [1.54, 1.807) is 0 Å². The van der Waals surface area contributed by atoms with Crippen molar-refractivity contribution in [3.63, 3.8) is 0 Å². The summed E-state index contributed by atoms with van der Waals surface area (Å²) < 4.78 is 5.65. The molecule has 3 nitrogen and oxygen atoms in total. The van der Waals surface area contributed by atoms with Gasteiger partial charge in [-0.05, 0) is 6.92 Å². The molecule has 1 atom stereocenters. The maximum absolute atomic E-state index is 8.79. The molecule has 0 aromatic heterocycles. The highest BCUT2D eigenvalue weighted by molar-refractivity contribution is 4.84. The summed E-state index contributed by atoms with van der Waals surface area (Å²) in [5.74, 6) is 0. The van der Waals surface area contributed by atoms with Crippen LogP contribution in [0.15, 0.2) is 0 Å². The lowest BCUT2D eigenvalue weighted by Crippen LogP contribution is -2.56. The van der Waals surface area contributed by atoms with Crippen LogP contribution in [0.4, 0.5) is 0 Å². The molecule has 2 N–H and O–H groups in total. The van der Waals surface area contributed by atoms with Crippen LogP contribution >= 0.6 is 0 Å². The minimum absolute atomic E-state index is 0.171. The second-order valence-electron chi connectivity index (χ2n) is 4.51. The molecule has 1 unspecified atom stereocenters. The minimum Gasteiger partial charge on any atom is -0.396 e. The summed E-state index contributed by atoms with van der Waals surface area (Å²) in [4.78, 5) is 0.